The molecule has 2 fully saturated rings. The van der Waals surface area contributed by atoms with Crippen molar-refractivity contribution in [2.75, 3.05) is 39.1 Å². The van der Waals surface area contributed by atoms with E-state index >= 15 is 0 Å². The molecule has 36 heavy (non-hydrogen) atoms. The van der Waals surface area contributed by atoms with Crippen molar-refractivity contribution in [1.82, 2.24) is 9.80 Å². The smallest absolute Gasteiger partial charge is 0.255 e. The van der Waals surface area contributed by atoms with Gasteiger partial charge in [-0.25, -0.2) is 0 Å². The molecule has 0 saturated carbocycles. The van der Waals surface area contributed by atoms with Gasteiger partial charge in [0, 0.05) is 50.1 Å². The first-order valence-electron chi connectivity index (χ1n) is 11.9. The molecule has 2 saturated heterocycles. The summed E-state index contributed by atoms with van der Waals surface area (Å²) in [6.07, 6.45) is 7.98. The summed E-state index contributed by atoms with van der Waals surface area (Å²) in [5, 5.41) is 12.6. The van der Waals surface area contributed by atoms with Crippen LogP contribution in [0.1, 0.15) is 36.8 Å². The van der Waals surface area contributed by atoms with Crippen LogP contribution in [0.5, 0.6) is 0 Å². The molecule has 1 atom stereocenters. The monoisotopic (exact) mass is 510 g/mol. The molecule has 0 bridgehead atoms. The Morgan fingerprint density at radius 3 is 2.58 bits per heavy atom. The third-order valence-electron chi connectivity index (χ3n) is 6.34. The highest BCUT2D eigenvalue weighted by atomic mass is 35.5. The number of aldehydes is 1. The average molecular weight is 511 g/mol. The minimum atomic E-state index is -0.526. The first-order valence-corrected chi connectivity index (χ1v) is 12.3. The highest BCUT2D eigenvalue weighted by Crippen LogP contribution is 2.29. The average Bonchev–Trinajstić information content (AvgIpc) is 3.39. The number of amides is 2. The van der Waals surface area contributed by atoms with Gasteiger partial charge in [0.25, 0.3) is 11.8 Å². The summed E-state index contributed by atoms with van der Waals surface area (Å²) in [5.41, 5.74) is 3.69. The first-order chi connectivity index (χ1) is 17.2. The molecule has 1 aromatic carbocycles. The second kappa shape index (κ2) is 12.5. The third kappa shape index (κ3) is 6.84. The van der Waals surface area contributed by atoms with Crippen LogP contribution >= 0.6 is 11.6 Å². The number of allylic oxidation sites excluding steroid dienone is 2. The van der Waals surface area contributed by atoms with E-state index in [2.05, 4.69) is 11.4 Å². The van der Waals surface area contributed by atoms with Gasteiger partial charge in [-0.2, -0.15) is 5.26 Å². The molecular formula is C27H31ClN4O4. The Morgan fingerprint density at radius 2 is 2.00 bits per heavy atom. The lowest BCUT2D eigenvalue weighted by molar-refractivity contribution is -0.141. The third-order valence-corrected chi connectivity index (χ3v) is 6.56. The molecule has 1 unspecified atom stereocenters. The summed E-state index contributed by atoms with van der Waals surface area (Å²) < 4.78 is 5.54. The Balaban J connectivity index is 1.76. The van der Waals surface area contributed by atoms with Crippen LogP contribution in [0.25, 0.3) is 6.08 Å². The van der Waals surface area contributed by atoms with Crippen molar-refractivity contribution in [1.29, 1.82) is 5.26 Å². The van der Waals surface area contributed by atoms with E-state index in [-0.39, 0.29) is 23.3 Å². The largest absolute Gasteiger partial charge is 0.369 e. The molecule has 0 aromatic heterocycles. The zero-order chi connectivity index (χ0) is 26.2. The number of ether oxygens (including phenoxy) is 1. The second-order valence-electron chi connectivity index (χ2n) is 9.05. The van der Waals surface area contributed by atoms with Crippen molar-refractivity contribution in [3.05, 3.63) is 57.3 Å². The van der Waals surface area contributed by atoms with Gasteiger partial charge in [-0.3, -0.25) is 14.4 Å². The number of benzene rings is 1. The molecule has 3 rings (SSSR count). The van der Waals surface area contributed by atoms with E-state index in [4.69, 9.17) is 16.3 Å². The molecular weight excluding hydrogens is 480 g/mol. The Kier molecular flexibility index (Phi) is 9.45. The van der Waals surface area contributed by atoms with Gasteiger partial charge in [0.1, 0.15) is 24.2 Å². The molecule has 1 N–H and O–H groups in total. The highest BCUT2D eigenvalue weighted by Gasteiger charge is 2.29. The van der Waals surface area contributed by atoms with Crippen LogP contribution in [0.2, 0.25) is 5.02 Å². The van der Waals surface area contributed by atoms with Crippen LogP contribution in [-0.2, 0) is 19.1 Å². The number of likely N-dealkylation sites (tertiary alicyclic amines) is 1. The molecule has 0 radical (unpaired) electrons. The van der Waals surface area contributed by atoms with Crippen molar-refractivity contribution < 1.29 is 19.1 Å². The molecule has 0 spiro atoms. The van der Waals surface area contributed by atoms with Gasteiger partial charge in [0.2, 0.25) is 0 Å². The van der Waals surface area contributed by atoms with Crippen LogP contribution in [0.4, 0.5) is 5.69 Å². The molecule has 1 aromatic rings. The van der Waals surface area contributed by atoms with Crippen LogP contribution in [0.3, 0.4) is 0 Å². The Hall–Kier alpha value is -3.41. The topological polar surface area (TPSA) is 103 Å². The summed E-state index contributed by atoms with van der Waals surface area (Å²) in [4.78, 5) is 40.1. The summed E-state index contributed by atoms with van der Waals surface area (Å²) in [6, 6.07) is 5.49. The Morgan fingerprint density at radius 1 is 1.28 bits per heavy atom. The van der Waals surface area contributed by atoms with Crippen LogP contribution < -0.4 is 5.32 Å². The van der Waals surface area contributed by atoms with Gasteiger partial charge >= 0.3 is 0 Å². The number of carbonyl (C=O) groups is 3. The normalized spacial score (nSPS) is 18.5. The highest BCUT2D eigenvalue weighted by molar-refractivity contribution is 6.31. The van der Waals surface area contributed by atoms with E-state index in [0.29, 0.717) is 36.7 Å². The van der Waals surface area contributed by atoms with E-state index in [1.54, 1.807) is 25.1 Å². The SMILES string of the molecule is Cc1c(C=C2CCN(C(=O)C3CCCO3)CC2)cc(Cl)cc1NC(=O)C(/C=C(/C#N)N(C)C)=C/C=O. The minimum Gasteiger partial charge on any atom is -0.369 e. The fraction of sp³-hybridized carbons (Fsp3) is 0.407. The quantitative estimate of drug-likeness (QED) is 0.258. The van der Waals surface area contributed by atoms with Crippen molar-refractivity contribution in [2.45, 2.75) is 38.7 Å². The van der Waals surface area contributed by atoms with Gasteiger partial charge in [-0.15, -0.1) is 0 Å². The number of rotatable bonds is 7. The van der Waals surface area contributed by atoms with Crippen molar-refractivity contribution >= 4 is 41.5 Å². The number of nitriles is 1. The van der Waals surface area contributed by atoms with Gasteiger partial charge in [0.15, 0.2) is 0 Å². The van der Waals surface area contributed by atoms with Gasteiger partial charge in [-0.1, -0.05) is 23.3 Å². The van der Waals surface area contributed by atoms with Gasteiger partial charge < -0.3 is 19.9 Å². The van der Waals surface area contributed by atoms with Crippen LogP contribution in [0, 0.1) is 18.3 Å². The fourth-order valence-corrected chi connectivity index (χ4v) is 4.43. The number of carbonyl (C=O) groups excluding carboxylic acids is 3. The van der Waals surface area contributed by atoms with Crippen LogP contribution in [0.15, 0.2) is 41.1 Å². The summed E-state index contributed by atoms with van der Waals surface area (Å²) in [5.74, 6) is -0.445. The molecule has 190 valence electrons. The number of piperidine rings is 1. The molecule has 0 aliphatic carbocycles. The number of hydrogen-bond acceptors (Lipinski definition) is 6. The van der Waals surface area contributed by atoms with Crippen molar-refractivity contribution in [3.8, 4) is 6.07 Å². The zero-order valence-corrected chi connectivity index (χ0v) is 21.6. The lowest BCUT2D eigenvalue weighted by Gasteiger charge is -2.30. The van der Waals surface area contributed by atoms with Crippen molar-refractivity contribution in [2.24, 2.45) is 0 Å². The standard InChI is InChI=1S/C27H31ClN4O4/c1-18-21(13-19-6-9-32(10-7-19)27(35)25-5-4-12-36-25)14-22(28)16-24(18)30-26(34)20(8-11-33)15-23(17-29)31(2)3/h8,11,13-16,25H,4-7,9-10,12H2,1-3H3,(H,30,34)/b20-8+,23-15-. The minimum absolute atomic E-state index is 0.0535. The predicted molar refractivity (Wildman–Crippen MR) is 139 cm³/mol. The van der Waals surface area contributed by atoms with Gasteiger partial charge in [-0.05, 0) is 68.0 Å². The van der Waals surface area contributed by atoms with Gasteiger partial charge in [0.05, 0.1) is 0 Å². The summed E-state index contributed by atoms with van der Waals surface area (Å²) in [6.45, 7) is 3.83. The number of halogens is 1. The second-order valence-corrected chi connectivity index (χ2v) is 9.48. The van der Waals surface area contributed by atoms with E-state index in [1.165, 1.54) is 11.6 Å². The Labute approximate surface area is 216 Å². The van der Waals surface area contributed by atoms with E-state index in [9.17, 15) is 19.6 Å². The lowest BCUT2D eigenvalue weighted by atomic mass is 9.97. The zero-order valence-electron chi connectivity index (χ0n) is 20.8. The van der Waals surface area contributed by atoms with E-state index in [0.717, 1.165) is 42.9 Å². The fourth-order valence-electron chi connectivity index (χ4n) is 4.20. The van der Waals surface area contributed by atoms with Crippen LogP contribution in [-0.4, -0.2) is 67.8 Å². The maximum absolute atomic E-state index is 12.9. The van der Waals surface area contributed by atoms with E-state index < -0.39 is 5.91 Å². The van der Waals surface area contributed by atoms with E-state index in [1.807, 2.05) is 24.0 Å². The summed E-state index contributed by atoms with van der Waals surface area (Å²) in [7, 11) is 3.35. The number of nitrogens with zero attached hydrogens (tertiary/aromatic N) is 3. The molecule has 2 heterocycles. The maximum Gasteiger partial charge on any atom is 0.255 e. The Bertz CT molecular complexity index is 1150. The molecule has 2 amide bonds. The molecule has 2 aliphatic rings. The number of nitrogens with one attached hydrogen (secondary N) is 1. The lowest BCUT2D eigenvalue weighted by Crippen LogP contribution is -2.42. The number of anilines is 1. The predicted octanol–water partition coefficient (Wildman–Crippen LogP) is 3.87. The van der Waals surface area contributed by atoms with Crippen molar-refractivity contribution in [3.63, 3.8) is 0 Å². The molecule has 9 heteroatoms. The molecule has 2 aliphatic heterocycles. The first kappa shape index (κ1) is 27.2. The summed E-state index contributed by atoms with van der Waals surface area (Å²) >= 11 is 6.37. The maximum atomic E-state index is 12.9. The molecule has 8 nitrogen and oxygen atoms in total. The number of hydrogen-bond donors (Lipinski definition) is 1.